The molecule has 84 valence electrons. The largest absolute Gasteiger partial charge is 0.380 e. The Morgan fingerprint density at radius 2 is 2.13 bits per heavy atom. The highest BCUT2D eigenvalue weighted by atomic mass is 16.5. The van der Waals surface area contributed by atoms with Crippen molar-refractivity contribution >= 4 is 0 Å². The van der Waals surface area contributed by atoms with Gasteiger partial charge < -0.3 is 4.74 Å². The van der Waals surface area contributed by atoms with E-state index in [1.807, 2.05) is 13.0 Å². The Morgan fingerprint density at radius 3 is 2.73 bits per heavy atom. The third-order valence-corrected chi connectivity index (χ3v) is 2.71. The molecule has 0 aliphatic heterocycles. The van der Waals surface area contributed by atoms with Crippen molar-refractivity contribution in [3.63, 3.8) is 0 Å². The zero-order valence-electron chi connectivity index (χ0n) is 9.71. The Labute approximate surface area is 91.6 Å². The van der Waals surface area contributed by atoms with E-state index >= 15 is 0 Å². The predicted octanol–water partition coefficient (Wildman–Crippen LogP) is 1.84. The molecule has 0 spiro atoms. The molecule has 0 aromatic heterocycles. The summed E-state index contributed by atoms with van der Waals surface area (Å²) in [5.74, 6) is 5.53. The monoisotopic (exact) mass is 208 g/mol. The van der Waals surface area contributed by atoms with E-state index in [1.165, 1.54) is 16.7 Å². The second-order valence-corrected chi connectivity index (χ2v) is 3.67. The van der Waals surface area contributed by atoms with Gasteiger partial charge in [0.1, 0.15) is 0 Å². The molecule has 0 fully saturated rings. The maximum absolute atomic E-state index is 5.53. The molecule has 0 bridgehead atoms. The van der Waals surface area contributed by atoms with Crippen LogP contribution >= 0.6 is 0 Å². The summed E-state index contributed by atoms with van der Waals surface area (Å²) in [7, 11) is 0. The standard InChI is InChI=1S/C12H20N2O/c1-4-15-8-12(14-13)11-7-5-6-9(2)10(11)3/h5-7,12,14H,4,8,13H2,1-3H3. The smallest absolute Gasteiger partial charge is 0.0696 e. The molecule has 0 saturated carbocycles. The van der Waals surface area contributed by atoms with Gasteiger partial charge in [-0.15, -0.1) is 0 Å². The molecule has 0 aliphatic carbocycles. The molecule has 1 atom stereocenters. The van der Waals surface area contributed by atoms with Gasteiger partial charge in [-0.1, -0.05) is 18.2 Å². The van der Waals surface area contributed by atoms with Crippen molar-refractivity contribution < 1.29 is 4.74 Å². The van der Waals surface area contributed by atoms with E-state index in [4.69, 9.17) is 10.6 Å². The fourth-order valence-corrected chi connectivity index (χ4v) is 1.61. The summed E-state index contributed by atoms with van der Waals surface area (Å²) in [6.45, 7) is 7.52. The SMILES string of the molecule is CCOCC(NN)c1cccc(C)c1C. The minimum absolute atomic E-state index is 0.0739. The Hall–Kier alpha value is -0.900. The third kappa shape index (κ3) is 3.02. The number of ether oxygens (including phenoxy) is 1. The molecule has 0 amide bonds. The summed E-state index contributed by atoms with van der Waals surface area (Å²) in [4.78, 5) is 0. The summed E-state index contributed by atoms with van der Waals surface area (Å²) in [6.07, 6.45) is 0. The molecule has 1 rings (SSSR count). The van der Waals surface area contributed by atoms with Crippen LogP contribution in [-0.4, -0.2) is 13.2 Å². The third-order valence-electron chi connectivity index (χ3n) is 2.71. The highest BCUT2D eigenvalue weighted by molar-refractivity contribution is 5.35. The van der Waals surface area contributed by atoms with Crippen LogP contribution in [0.4, 0.5) is 0 Å². The number of hydrogen-bond acceptors (Lipinski definition) is 3. The van der Waals surface area contributed by atoms with Crippen LogP contribution in [0.15, 0.2) is 18.2 Å². The number of benzene rings is 1. The van der Waals surface area contributed by atoms with Gasteiger partial charge in [0.25, 0.3) is 0 Å². The van der Waals surface area contributed by atoms with E-state index in [0.717, 1.165) is 0 Å². The quantitative estimate of drug-likeness (QED) is 0.573. The summed E-state index contributed by atoms with van der Waals surface area (Å²) in [6, 6.07) is 6.32. The molecule has 0 saturated heterocycles. The first-order valence-corrected chi connectivity index (χ1v) is 5.30. The number of hydrogen-bond donors (Lipinski definition) is 2. The van der Waals surface area contributed by atoms with E-state index in [-0.39, 0.29) is 6.04 Å². The number of nitrogens with one attached hydrogen (secondary N) is 1. The number of nitrogens with two attached hydrogens (primary N) is 1. The maximum atomic E-state index is 5.53. The molecule has 1 aromatic carbocycles. The van der Waals surface area contributed by atoms with Crippen LogP contribution in [0.1, 0.15) is 29.7 Å². The normalized spacial score (nSPS) is 12.8. The first kappa shape index (κ1) is 12.2. The Bertz CT molecular complexity index is 312. The first-order chi connectivity index (χ1) is 7.20. The molecule has 3 heteroatoms. The van der Waals surface area contributed by atoms with Gasteiger partial charge in [0.15, 0.2) is 0 Å². The minimum atomic E-state index is 0.0739. The summed E-state index contributed by atoms with van der Waals surface area (Å²) in [5.41, 5.74) is 6.57. The predicted molar refractivity (Wildman–Crippen MR) is 62.5 cm³/mol. The molecule has 0 heterocycles. The zero-order chi connectivity index (χ0) is 11.3. The van der Waals surface area contributed by atoms with Gasteiger partial charge in [0.05, 0.1) is 12.6 Å². The van der Waals surface area contributed by atoms with Crippen LogP contribution in [-0.2, 0) is 4.74 Å². The second-order valence-electron chi connectivity index (χ2n) is 3.67. The summed E-state index contributed by atoms with van der Waals surface area (Å²) >= 11 is 0. The summed E-state index contributed by atoms with van der Waals surface area (Å²) in [5, 5.41) is 0. The second kappa shape index (κ2) is 5.85. The molecule has 0 radical (unpaired) electrons. The number of hydrazine groups is 1. The zero-order valence-corrected chi connectivity index (χ0v) is 9.71. The lowest BCUT2D eigenvalue weighted by atomic mass is 9.98. The van der Waals surface area contributed by atoms with Crippen molar-refractivity contribution in [2.45, 2.75) is 26.8 Å². The topological polar surface area (TPSA) is 47.3 Å². The molecule has 3 nitrogen and oxygen atoms in total. The average Bonchev–Trinajstić information content (AvgIpc) is 2.25. The van der Waals surface area contributed by atoms with E-state index < -0.39 is 0 Å². The average molecular weight is 208 g/mol. The number of aryl methyl sites for hydroxylation is 1. The molecule has 1 aromatic rings. The highest BCUT2D eigenvalue weighted by Crippen LogP contribution is 2.20. The Kier molecular flexibility index (Phi) is 4.75. The first-order valence-electron chi connectivity index (χ1n) is 5.30. The van der Waals surface area contributed by atoms with Crippen LogP contribution in [0.5, 0.6) is 0 Å². The maximum Gasteiger partial charge on any atom is 0.0696 e. The van der Waals surface area contributed by atoms with E-state index in [9.17, 15) is 0 Å². The molecule has 3 N–H and O–H groups in total. The van der Waals surface area contributed by atoms with E-state index in [0.29, 0.717) is 13.2 Å². The van der Waals surface area contributed by atoms with Crippen LogP contribution in [0, 0.1) is 13.8 Å². The lowest BCUT2D eigenvalue weighted by Crippen LogP contribution is -2.32. The van der Waals surface area contributed by atoms with Gasteiger partial charge >= 0.3 is 0 Å². The fraction of sp³-hybridized carbons (Fsp3) is 0.500. The molecular formula is C12H20N2O. The van der Waals surface area contributed by atoms with Gasteiger partial charge in [0, 0.05) is 6.61 Å². The van der Waals surface area contributed by atoms with Gasteiger partial charge in [-0.3, -0.25) is 11.3 Å². The summed E-state index contributed by atoms with van der Waals surface area (Å²) < 4.78 is 5.39. The molecule has 1 unspecified atom stereocenters. The lowest BCUT2D eigenvalue weighted by Gasteiger charge is -2.19. The molecular weight excluding hydrogens is 188 g/mol. The van der Waals surface area contributed by atoms with Crippen LogP contribution < -0.4 is 11.3 Å². The van der Waals surface area contributed by atoms with E-state index in [2.05, 4.69) is 31.4 Å². The fourth-order valence-electron chi connectivity index (χ4n) is 1.61. The molecule has 0 aliphatic rings. The van der Waals surface area contributed by atoms with Crippen molar-refractivity contribution in [2.24, 2.45) is 5.84 Å². The van der Waals surface area contributed by atoms with Gasteiger partial charge in [-0.05, 0) is 37.5 Å². The minimum Gasteiger partial charge on any atom is -0.380 e. The van der Waals surface area contributed by atoms with Crippen molar-refractivity contribution in [1.82, 2.24) is 5.43 Å². The number of rotatable bonds is 5. The van der Waals surface area contributed by atoms with E-state index in [1.54, 1.807) is 0 Å². The lowest BCUT2D eigenvalue weighted by molar-refractivity contribution is 0.123. The van der Waals surface area contributed by atoms with Crippen LogP contribution in [0.3, 0.4) is 0 Å². The van der Waals surface area contributed by atoms with Crippen LogP contribution in [0.2, 0.25) is 0 Å². The van der Waals surface area contributed by atoms with Crippen LogP contribution in [0.25, 0.3) is 0 Å². The highest BCUT2D eigenvalue weighted by Gasteiger charge is 2.12. The Morgan fingerprint density at radius 1 is 1.40 bits per heavy atom. The van der Waals surface area contributed by atoms with Gasteiger partial charge in [-0.25, -0.2) is 0 Å². The molecule has 15 heavy (non-hydrogen) atoms. The van der Waals surface area contributed by atoms with Crippen molar-refractivity contribution in [3.05, 3.63) is 34.9 Å². The van der Waals surface area contributed by atoms with Gasteiger partial charge in [0.2, 0.25) is 0 Å². The van der Waals surface area contributed by atoms with Crippen molar-refractivity contribution in [2.75, 3.05) is 13.2 Å². The van der Waals surface area contributed by atoms with Crippen molar-refractivity contribution in [3.8, 4) is 0 Å². The Balaban J connectivity index is 2.86. The van der Waals surface area contributed by atoms with Crippen molar-refractivity contribution in [1.29, 1.82) is 0 Å². The van der Waals surface area contributed by atoms with Gasteiger partial charge in [-0.2, -0.15) is 0 Å².